The summed E-state index contributed by atoms with van der Waals surface area (Å²) in [6, 6.07) is 1.86. The van der Waals surface area contributed by atoms with Crippen LogP contribution in [0.1, 0.15) is 39.2 Å². The maximum atomic E-state index is 5.90. The van der Waals surface area contributed by atoms with Crippen LogP contribution in [-0.4, -0.2) is 30.8 Å². The lowest BCUT2D eigenvalue weighted by Gasteiger charge is -2.15. The maximum Gasteiger partial charge on any atom is 0.170 e. The zero-order valence-electron chi connectivity index (χ0n) is 13.3. The van der Waals surface area contributed by atoms with Gasteiger partial charge in [0.05, 0.1) is 12.7 Å². The molecule has 5 nitrogen and oxygen atoms in total. The highest BCUT2D eigenvalue weighted by molar-refractivity contribution is 5.67. The van der Waals surface area contributed by atoms with Crippen LogP contribution in [-0.2, 0) is 4.74 Å². The number of anilines is 2. The number of nitrogen functional groups attached to an aromatic ring is 1. The molecule has 0 saturated heterocycles. The first-order chi connectivity index (χ1) is 10.1. The largest absolute Gasteiger partial charge is 0.487 e. The van der Waals surface area contributed by atoms with Gasteiger partial charge in [-0.1, -0.05) is 26.0 Å². The molecule has 0 fully saturated rings. The average molecular weight is 293 g/mol. The number of rotatable bonds is 10. The first-order valence-corrected chi connectivity index (χ1v) is 7.49. The van der Waals surface area contributed by atoms with E-state index in [0.29, 0.717) is 30.6 Å². The number of aromatic nitrogens is 1. The van der Waals surface area contributed by atoms with Crippen molar-refractivity contribution < 1.29 is 9.47 Å². The number of ether oxygens (including phenoxy) is 2. The minimum Gasteiger partial charge on any atom is -0.487 e. The molecule has 0 atom stereocenters. The molecular weight excluding hydrogens is 266 g/mol. The van der Waals surface area contributed by atoms with E-state index >= 15 is 0 Å². The number of nitrogens with two attached hydrogens (primary N) is 1. The van der Waals surface area contributed by atoms with Gasteiger partial charge < -0.3 is 20.5 Å². The smallest absolute Gasteiger partial charge is 0.170 e. The Morgan fingerprint density at radius 1 is 1.43 bits per heavy atom. The van der Waals surface area contributed by atoms with E-state index in [1.54, 1.807) is 6.08 Å². The second-order valence-corrected chi connectivity index (χ2v) is 5.06. The zero-order chi connectivity index (χ0) is 15.7. The van der Waals surface area contributed by atoms with Gasteiger partial charge in [0.25, 0.3) is 0 Å². The van der Waals surface area contributed by atoms with E-state index in [0.717, 1.165) is 24.9 Å². The Kier molecular flexibility index (Phi) is 7.61. The van der Waals surface area contributed by atoms with Crippen LogP contribution in [0.25, 0.3) is 6.08 Å². The predicted molar refractivity (Wildman–Crippen MR) is 88.7 cm³/mol. The summed E-state index contributed by atoms with van der Waals surface area (Å²) >= 11 is 0. The van der Waals surface area contributed by atoms with Gasteiger partial charge >= 0.3 is 0 Å². The second kappa shape index (κ2) is 9.23. The maximum absolute atomic E-state index is 5.90. The molecule has 1 aromatic heterocycles. The standard InChI is InChI=1S/C16H27N3O2/c1-5-7-8-18-16-14(21-10-9-20-12(3)4)11-13(6-2)15(17)19-16/h6,11-12H,2,5,7-10H2,1,3-4H3,(H3,17,18,19). The Morgan fingerprint density at radius 2 is 2.19 bits per heavy atom. The van der Waals surface area contributed by atoms with Crippen molar-refractivity contribution in [2.75, 3.05) is 30.8 Å². The average Bonchev–Trinajstić information content (AvgIpc) is 2.45. The highest BCUT2D eigenvalue weighted by Gasteiger charge is 2.09. The van der Waals surface area contributed by atoms with Crippen molar-refractivity contribution in [3.05, 3.63) is 18.2 Å². The Labute approximate surface area is 127 Å². The Hall–Kier alpha value is -1.75. The minimum absolute atomic E-state index is 0.198. The van der Waals surface area contributed by atoms with Crippen molar-refractivity contribution in [2.24, 2.45) is 0 Å². The number of hydrogen-bond donors (Lipinski definition) is 2. The fourth-order valence-electron chi connectivity index (χ4n) is 1.74. The molecule has 5 heteroatoms. The quantitative estimate of drug-likeness (QED) is 0.648. The third kappa shape index (κ3) is 6.04. The summed E-state index contributed by atoms with van der Waals surface area (Å²) < 4.78 is 11.2. The third-order valence-corrected chi connectivity index (χ3v) is 2.88. The highest BCUT2D eigenvalue weighted by Crippen LogP contribution is 2.27. The summed E-state index contributed by atoms with van der Waals surface area (Å²) in [5, 5.41) is 3.26. The molecule has 0 bridgehead atoms. The molecule has 118 valence electrons. The van der Waals surface area contributed by atoms with Crippen LogP contribution in [0, 0.1) is 0 Å². The van der Waals surface area contributed by atoms with Crippen LogP contribution in [0.4, 0.5) is 11.6 Å². The molecule has 1 heterocycles. The van der Waals surface area contributed by atoms with Gasteiger partial charge in [0.1, 0.15) is 12.4 Å². The van der Waals surface area contributed by atoms with Gasteiger partial charge in [-0.05, 0) is 26.3 Å². The van der Waals surface area contributed by atoms with Gasteiger partial charge in [-0.3, -0.25) is 0 Å². The van der Waals surface area contributed by atoms with E-state index in [2.05, 4.69) is 23.8 Å². The van der Waals surface area contributed by atoms with E-state index in [1.807, 2.05) is 19.9 Å². The summed E-state index contributed by atoms with van der Waals surface area (Å²) in [4.78, 5) is 4.36. The molecule has 1 rings (SSSR count). The van der Waals surface area contributed by atoms with Crippen molar-refractivity contribution >= 4 is 17.7 Å². The van der Waals surface area contributed by atoms with Crippen LogP contribution in [0.5, 0.6) is 5.75 Å². The molecule has 0 aromatic carbocycles. The molecule has 0 aliphatic rings. The predicted octanol–water partition coefficient (Wildman–Crippen LogP) is 3.32. The van der Waals surface area contributed by atoms with Gasteiger partial charge in [0.2, 0.25) is 0 Å². The molecule has 3 N–H and O–H groups in total. The lowest BCUT2D eigenvalue weighted by atomic mass is 10.2. The number of pyridine rings is 1. The minimum atomic E-state index is 0.198. The SMILES string of the molecule is C=Cc1cc(OCCOC(C)C)c(NCCCC)nc1N. The summed E-state index contributed by atoms with van der Waals surface area (Å²) in [7, 11) is 0. The van der Waals surface area contributed by atoms with Gasteiger partial charge in [-0.25, -0.2) is 4.98 Å². The van der Waals surface area contributed by atoms with Crippen molar-refractivity contribution in [2.45, 2.75) is 39.7 Å². The van der Waals surface area contributed by atoms with Crippen LogP contribution >= 0.6 is 0 Å². The second-order valence-electron chi connectivity index (χ2n) is 5.06. The molecule has 0 aliphatic carbocycles. The zero-order valence-corrected chi connectivity index (χ0v) is 13.3. The summed E-state index contributed by atoms with van der Waals surface area (Å²) in [5.41, 5.74) is 6.67. The van der Waals surface area contributed by atoms with E-state index in [9.17, 15) is 0 Å². The topological polar surface area (TPSA) is 69.4 Å². The molecule has 0 spiro atoms. The molecule has 1 aromatic rings. The number of hydrogen-bond acceptors (Lipinski definition) is 5. The summed E-state index contributed by atoms with van der Waals surface area (Å²) in [6.07, 6.45) is 4.06. The van der Waals surface area contributed by atoms with Crippen molar-refractivity contribution in [1.82, 2.24) is 4.98 Å². The fourth-order valence-corrected chi connectivity index (χ4v) is 1.74. The molecule has 0 saturated carbocycles. The van der Waals surface area contributed by atoms with Crippen LogP contribution in [0.3, 0.4) is 0 Å². The van der Waals surface area contributed by atoms with Crippen molar-refractivity contribution in [1.29, 1.82) is 0 Å². The van der Waals surface area contributed by atoms with Crippen LogP contribution < -0.4 is 15.8 Å². The van der Waals surface area contributed by atoms with Crippen molar-refractivity contribution in [3.63, 3.8) is 0 Å². The normalized spacial score (nSPS) is 10.7. The molecule has 0 amide bonds. The highest BCUT2D eigenvalue weighted by atomic mass is 16.5. The molecule has 0 radical (unpaired) electrons. The number of nitrogens with zero attached hydrogens (tertiary/aromatic N) is 1. The first kappa shape index (κ1) is 17.3. The molecular formula is C16H27N3O2. The molecule has 21 heavy (non-hydrogen) atoms. The van der Waals surface area contributed by atoms with E-state index in [-0.39, 0.29) is 6.10 Å². The first-order valence-electron chi connectivity index (χ1n) is 7.49. The number of unbranched alkanes of at least 4 members (excludes halogenated alkanes) is 1. The Balaban J connectivity index is 2.73. The fraction of sp³-hybridized carbons (Fsp3) is 0.562. The van der Waals surface area contributed by atoms with Crippen LogP contribution in [0.2, 0.25) is 0 Å². The number of nitrogens with one attached hydrogen (secondary N) is 1. The van der Waals surface area contributed by atoms with E-state index in [4.69, 9.17) is 15.2 Å². The van der Waals surface area contributed by atoms with E-state index in [1.165, 1.54) is 0 Å². The van der Waals surface area contributed by atoms with E-state index < -0.39 is 0 Å². The van der Waals surface area contributed by atoms with Gasteiger partial charge in [0, 0.05) is 12.1 Å². The van der Waals surface area contributed by atoms with Gasteiger partial charge in [-0.2, -0.15) is 0 Å². The lowest BCUT2D eigenvalue weighted by Crippen LogP contribution is -2.13. The van der Waals surface area contributed by atoms with Crippen molar-refractivity contribution in [3.8, 4) is 5.75 Å². The monoisotopic (exact) mass is 293 g/mol. The molecule has 0 aliphatic heterocycles. The van der Waals surface area contributed by atoms with Crippen LogP contribution in [0.15, 0.2) is 12.6 Å². The van der Waals surface area contributed by atoms with Gasteiger partial charge in [-0.15, -0.1) is 0 Å². The summed E-state index contributed by atoms with van der Waals surface area (Å²) in [6.45, 7) is 11.7. The Bertz CT molecular complexity index is 447. The summed E-state index contributed by atoms with van der Waals surface area (Å²) in [5.74, 6) is 1.81. The lowest BCUT2D eigenvalue weighted by molar-refractivity contribution is 0.0553. The third-order valence-electron chi connectivity index (χ3n) is 2.88. The molecule has 0 unspecified atom stereocenters. The Morgan fingerprint density at radius 3 is 2.81 bits per heavy atom. The van der Waals surface area contributed by atoms with Gasteiger partial charge in [0.15, 0.2) is 11.6 Å².